The first-order chi connectivity index (χ1) is 6.69. The first kappa shape index (κ1) is 13.0. The lowest BCUT2D eigenvalue weighted by molar-refractivity contribution is -0.162. The number of hydrogen-bond acceptors (Lipinski definition) is 4. The van der Waals surface area contributed by atoms with Gasteiger partial charge in [0.15, 0.2) is 0 Å². The third-order valence-corrected chi connectivity index (χ3v) is 3.41. The highest BCUT2D eigenvalue weighted by atomic mass is 79.9. The first-order valence-electron chi connectivity index (χ1n) is 4.82. The second-order valence-corrected chi connectivity index (χ2v) is 4.35. The van der Waals surface area contributed by atoms with Crippen LogP contribution in [0.2, 0.25) is 0 Å². The van der Waals surface area contributed by atoms with Gasteiger partial charge in [0.05, 0.1) is 12.5 Å². The number of carbonyl (C=O) groups is 1. The monoisotopic (exact) mass is 294 g/mol. The molecule has 0 aliphatic carbocycles. The highest BCUT2D eigenvalue weighted by molar-refractivity contribution is 8.93. The van der Waals surface area contributed by atoms with E-state index in [1.807, 2.05) is 0 Å². The predicted octanol–water partition coefficient (Wildman–Crippen LogP) is 1.06. The summed E-state index contributed by atoms with van der Waals surface area (Å²) in [7, 11) is 1.49. The minimum Gasteiger partial charge on any atom is -0.317 e. The summed E-state index contributed by atoms with van der Waals surface area (Å²) < 4.78 is 0. The van der Waals surface area contributed by atoms with Gasteiger partial charge in [-0.2, -0.15) is 5.06 Å². The second kappa shape index (κ2) is 4.86. The van der Waals surface area contributed by atoms with Crippen LogP contribution in [0.5, 0.6) is 0 Å². The van der Waals surface area contributed by atoms with Crippen molar-refractivity contribution in [2.75, 3.05) is 20.2 Å². The van der Waals surface area contributed by atoms with Crippen LogP contribution >= 0.6 is 29.2 Å². The number of hydrogen-bond donors (Lipinski definition) is 1. The Kier molecular flexibility index (Phi) is 4.22. The van der Waals surface area contributed by atoms with Gasteiger partial charge in [0.1, 0.15) is 4.99 Å². The van der Waals surface area contributed by atoms with Crippen LogP contribution in [-0.2, 0) is 9.63 Å². The summed E-state index contributed by atoms with van der Waals surface area (Å²) in [5, 5.41) is 4.53. The van der Waals surface area contributed by atoms with E-state index in [1.54, 1.807) is 0 Å². The van der Waals surface area contributed by atoms with Gasteiger partial charge in [0.25, 0.3) is 5.91 Å². The molecule has 15 heavy (non-hydrogen) atoms. The Bertz CT molecular complexity index is 279. The standard InChI is InChI=1S/C9H14N2O2S.BrH/c1-13-11-7(14)6-9(8(11)12)2-4-10-5-3-9;/h10H,2-6H2,1H3;1H. The van der Waals surface area contributed by atoms with Crippen molar-refractivity contribution in [1.82, 2.24) is 10.4 Å². The molecule has 2 aliphatic heterocycles. The average Bonchev–Trinajstić information content (AvgIpc) is 2.40. The minimum atomic E-state index is -0.266. The van der Waals surface area contributed by atoms with Crippen molar-refractivity contribution in [2.24, 2.45) is 5.41 Å². The smallest absolute Gasteiger partial charge is 0.258 e. The van der Waals surface area contributed by atoms with E-state index in [0.717, 1.165) is 25.9 Å². The fraction of sp³-hybridized carbons (Fsp3) is 0.778. The molecule has 0 radical (unpaired) electrons. The molecule has 2 rings (SSSR count). The molecule has 0 unspecified atom stereocenters. The van der Waals surface area contributed by atoms with Crippen LogP contribution in [0.1, 0.15) is 19.3 Å². The van der Waals surface area contributed by atoms with Gasteiger partial charge in [-0.05, 0) is 25.9 Å². The van der Waals surface area contributed by atoms with Gasteiger partial charge in [-0.15, -0.1) is 17.0 Å². The van der Waals surface area contributed by atoms with Crippen LogP contribution in [0.25, 0.3) is 0 Å². The quantitative estimate of drug-likeness (QED) is 0.734. The van der Waals surface area contributed by atoms with Gasteiger partial charge < -0.3 is 5.32 Å². The van der Waals surface area contributed by atoms with E-state index >= 15 is 0 Å². The Hall–Kier alpha value is -0.0400. The van der Waals surface area contributed by atoms with Crippen molar-refractivity contribution in [1.29, 1.82) is 0 Å². The average molecular weight is 295 g/mol. The summed E-state index contributed by atoms with van der Waals surface area (Å²) >= 11 is 5.13. The van der Waals surface area contributed by atoms with Crippen LogP contribution in [0.15, 0.2) is 0 Å². The highest BCUT2D eigenvalue weighted by Crippen LogP contribution is 2.40. The van der Waals surface area contributed by atoms with Gasteiger partial charge in [0, 0.05) is 6.42 Å². The van der Waals surface area contributed by atoms with Crippen molar-refractivity contribution in [3.8, 4) is 0 Å². The number of thiocarbonyl (C=S) groups is 1. The lowest BCUT2D eigenvalue weighted by Crippen LogP contribution is -2.42. The fourth-order valence-corrected chi connectivity index (χ4v) is 2.68. The van der Waals surface area contributed by atoms with E-state index in [1.165, 1.54) is 12.2 Å². The minimum absolute atomic E-state index is 0. The Balaban J connectivity index is 0.00000112. The maximum absolute atomic E-state index is 12.0. The molecular weight excluding hydrogens is 280 g/mol. The SMILES string of the molecule is Br.CON1C(=O)C2(CCNCC2)CC1=S. The van der Waals surface area contributed by atoms with Gasteiger partial charge in [-0.3, -0.25) is 9.63 Å². The predicted molar refractivity (Wildman–Crippen MR) is 65.9 cm³/mol. The molecular formula is C9H15BrN2O2S. The lowest BCUT2D eigenvalue weighted by Gasteiger charge is -2.30. The second-order valence-electron chi connectivity index (χ2n) is 3.88. The van der Waals surface area contributed by atoms with Gasteiger partial charge in [-0.25, -0.2) is 0 Å². The van der Waals surface area contributed by atoms with E-state index in [2.05, 4.69) is 5.32 Å². The Labute approximate surface area is 105 Å². The van der Waals surface area contributed by atoms with Crippen molar-refractivity contribution < 1.29 is 9.63 Å². The van der Waals surface area contributed by atoms with E-state index in [0.29, 0.717) is 11.4 Å². The van der Waals surface area contributed by atoms with Crippen molar-refractivity contribution in [2.45, 2.75) is 19.3 Å². The van der Waals surface area contributed by atoms with Crippen molar-refractivity contribution in [3.05, 3.63) is 0 Å². The molecule has 2 aliphatic rings. The molecule has 0 aromatic heterocycles. The Morgan fingerprint density at radius 1 is 1.47 bits per heavy atom. The number of amides is 1. The van der Waals surface area contributed by atoms with Crippen LogP contribution in [0.3, 0.4) is 0 Å². The number of carbonyl (C=O) groups excluding carboxylic acids is 1. The molecule has 6 heteroatoms. The Morgan fingerprint density at radius 2 is 2.07 bits per heavy atom. The largest absolute Gasteiger partial charge is 0.317 e. The summed E-state index contributed by atoms with van der Waals surface area (Å²) in [6.45, 7) is 1.79. The molecule has 1 spiro atoms. The van der Waals surface area contributed by atoms with Crippen LogP contribution < -0.4 is 5.32 Å². The van der Waals surface area contributed by atoms with Crippen LogP contribution in [-0.4, -0.2) is 36.2 Å². The van der Waals surface area contributed by atoms with Gasteiger partial charge in [0.2, 0.25) is 0 Å². The number of halogens is 1. The first-order valence-corrected chi connectivity index (χ1v) is 5.23. The number of nitrogens with zero attached hydrogens (tertiary/aromatic N) is 1. The normalized spacial score (nSPS) is 24.5. The molecule has 0 aromatic carbocycles. The number of piperidine rings is 1. The van der Waals surface area contributed by atoms with Gasteiger partial charge >= 0.3 is 0 Å². The summed E-state index contributed by atoms with van der Waals surface area (Å²) in [4.78, 5) is 17.6. The van der Waals surface area contributed by atoms with Crippen molar-refractivity contribution in [3.63, 3.8) is 0 Å². The third-order valence-electron chi connectivity index (χ3n) is 3.10. The molecule has 2 heterocycles. The zero-order valence-electron chi connectivity index (χ0n) is 8.62. The van der Waals surface area contributed by atoms with E-state index in [-0.39, 0.29) is 28.3 Å². The summed E-state index contributed by atoms with van der Waals surface area (Å²) in [6, 6.07) is 0. The van der Waals surface area contributed by atoms with Crippen LogP contribution in [0, 0.1) is 5.41 Å². The molecule has 86 valence electrons. The zero-order chi connectivity index (χ0) is 10.2. The van der Waals surface area contributed by atoms with E-state index in [4.69, 9.17) is 17.1 Å². The summed E-state index contributed by atoms with van der Waals surface area (Å²) in [6.07, 6.45) is 2.41. The number of hydroxylamine groups is 2. The van der Waals surface area contributed by atoms with E-state index < -0.39 is 0 Å². The molecule has 0 bridgehead atoms. The third kappa shape index (κ3) is 2.08. The maximum atomic E-state index is 12.0. The van der Waals surface area contributed by atoms with Crippen molar-refractivity contribution >= 4 is 40.1 Å². The lowest BCUT2D eigenvalue weighted by atomic mass is 9.78. The van der Waals surface area contributed by atoms with E-state index in [9.17, 15) is 4.79 Å². The fourth-order valence-electron chi connectivity index (χ4n) is 2.25. The molecule has 0 aromatic rings. The highest BCUT2D eigenvalue weighted by Gasteiger charge is 2.50. The topological polar surface area (TPSA) is 41.6 Å². The molecule has 0 saturated carbocycles. The molecule has 2 fully saturated rings. The summed E-state index contributed by atoms with van der Waals surface area (Å²) in [5.74, 6) is 0.0477. The number of rotatable bonds is 1. The summed E-state index contributed by atoms with van der Waals surface area (Å²) in [5.41, 5.74) is -0.266. The maximum Gasteiger partial charge on any atom is 0.258 e. The Morgan fingerprint density at radius 3 is 2.53 bits per heavy atom. The number of nitrogens with one attached hydrogen (secondary N) is 1. The van der Waals surface area contributed by atoms with Gasteiger partial charge in [-0.1, -0.05) is 12.2 Å². The molecule has 4 nitrogen and oxygen atoms in total. The van der Waals surface area contributed by atoms with Crippen LogP contribution in [0.4, 0.5) is 0 Å². The molecule has 1 amide bonds. The molecule has 1 N–H and O–H groups in total. The molecule has 2 saturated heterocycles. The molecule has 0 atom stereocenters. The zero-order valence-corrected chi connectivity index (χ0v) is 11.1.